The maximum absolute atomic E-state index is 6.50. The molecule has 0 fully saturated rings. The number of rotatable bonds is 1. The van der Waals surface area contributed by atoms with Gasteiger partial charge in [-0.3, -0.25) is 0 Å². The SMILES string of the molecule is ClC(=C=C1c2ccccc2-c2ccccc21)c1ccccc1. The highest BCUT2D eigenvalue weighted by Gasteiger charge is 2.22. The fraction of sp³-hybridized carbons (Fsp3) is 0. The summed E-state index contributed by atoms with van der Waals surface area (Å²) in [6, 6.07) is 26.8. The van der Waals surface area contributed by atoms with Gasteiger partial charge in [-0.1, -0.05) is 96.2 Å². The van der Waals surface area contributed by atoms with E-state index in [9.17, 15) is 0 Å². The van der Waals surface area contributed by atoms with Crippen LogP contribution < -0.4 is 0 Å². The number of benzene rings is 3. The van der Waals surface area contributed by atoms with Crippen molar-refractivity contribution >= 4 is 22.2 Å². The van der Waals surface area contributed by atoms with Crippen LogP contribution >= 0.6 is 11.6 Å². The van der Waals surface area contributed by atoms with Crippen LogP contribution in [0.2, 0.25) is 0 Å². The molecule has 1 heteroatoms. The zero-order valence-electron chi connectivity index (χ0n) is 11.9. The van der Waals surface area contributed by atoms with Gasteiger partial charge >= 0.3 is 0 Å². The van der Waals surface area contributed by atoms with Gasteiger partial charge in [0.25, 0.3) is 0 Å². The van der Waals surface area contributed by atoms with Crippen molar-refractivity contribution in [3.63, 3.8) is 0 Å². The lowest BCUT2D eigenvalue weighted by Crippen LogP contribution is -1.80. The van der Waals surface area contributed by atoms with Crippen LogP contribution in [0.15, 0.2) is 84.6 Å². The largest absolute Gasteiger partial charge is 0.0907 e. The second kappa shape index (κ2) is 5.35. The third kappa shape index (κ3) is 2.10. The maximum atomic E-state index is 6.50. The Morgan fingerprint density at radius 3 is 1.59 bits per heavy atom. The van der Waals surface area contributed by atoms with E-state index in [1.54, 1.807) is 0 Å². The van der Waals surface area contributed by atoms with E-state index in [0.717, 1.165) is 11.1 Å². The molecule has 0 bridgehead atoms. The number of hydrogen-bond acceptors (Lipinski definition) is 0. The second-order valence-corrected chi connectivity index (χ2v) is 5.65. The summed E-state index contributed by atoms with van der Waals surface area (Å²) >= 11 is 6.50. The van der Waals surface area contributed by atoms with E-state index in [2.05, 4.69) is 54.3 Å². The van der Waals surface area contributed by atoms with E-state index < -0.39 is 0 Å². The molecule has 0 amide bonds. The van der Waals surface area contributed by atoms with Crippen LogP contribution in [0, 0.1) is 0 Å². The van der Waals surface area contributed by atoms with Crippen LogP contribution in [-0.2, 0) is 0 Å². The smallest absolute Gasteiger partial charge is 0.0903 e. The first-order valence-corrected chi connectivity index (χ1v) is 7.63. The van der Waals surface area contributed by atoms with Gasteiger partial charge in [0, 0.05) is 11.1 Å². The molecule has 0 heterocycles. The molecule has 1 aliphatic rings. The summed E-state index contributed by atoms with van der Waals surface area (Å²) in [5.74, 6) is 0. The zero-order valence-corrected chi connectivity index (χ0v) is 12.6. The number of fused-ring (bicyclic) bond motifs is 3. The predicted octanol–water partition coefficient (Wildman–Crippen LogP) is 5.98. The normalized spacial score (nSPS) is 11.6. The lowest BCUT2D eigenvalue weighted by molar-refractivity contribution is 1.64. The molecule has 22 heavy (non-hydrogen) atoms. The van der Waals surface area contributed by atoms with Crippen molar-refractivity contribution in [2.24, 2.45) is 0 Å². The van der Waals surface area contributed by atoms with Crippen LogP contribution in [0.1, 0.15) is 16.7 Å². The Bertz CT molecular complexity index is 866. The van der Waals surface area contributed by atoms with Gasteiger partial charge in [-0.05, 0) is 22.3 Å². The lowest BCUT2D eigenvalue weighted by atomic mass is 10.0. The van der Waals surface area contributed by atoms with Crippen LogP contribution in [0.5, 0.6) is 0 Å². The molecule has 0 spiro atoms. The van der Waals surface area contributed by atoms with Crippen molar-refractivity contribution in [2.45, 2.75) is 0 Å². The standard InChI is InChI=1S/C21H13Cl/c22-21(15-8-2-1-3-9-15)14-20-18-12-6-4-10-16(18)17-11-5-7-13-19(17)20/h1-13H. The quantitative estimate of drug-likeness (QED) is 0.379. The summed E-state index contributed by atoms with van der Waals surface area (Å²) in [6.45, 7) is 0. The first kappa shape index (κ1) is 13.2. The Morgan fingerprint density at radius 1 is 0.591 bits per heavy atom. The maximum Gasteiger partial charge on any atom is 0.0903 e. The molecule has 0 aliphatic heterocycles. The Kier molecular flexibility index (Phi) is 3.20. The van der Waals surface area contributed by atoms with Crippen molar-refractivity contribution in [3.8, 4) is 11.1 Å². The molecular weight excluding hydrogens is 288 g/mol. The highest BCUT2D eigenvalue weighted by molar-refractivity contribution is 6.49. The molecule has 3 aromatic carbocycles. The molecular formula is C21H13Cl. The van der Waals surface area contributed by atoms with E-state index in [1.165, 1.54) is 22.3 Å². The number of hydrogen-bond donors (Lipinski definition) is 0. The van der Waals surface area contributed by atoms with Crippen LogP contribution in [0.4, 0.5) is 0 Å². The van der Waals surface area contributed by atoms with E-state index in [0.29, 0.717) is 5.03 Å². The van der Waals surface area contributed by atoms with E-state index >= 15 is 0 Å². The van der Waals surface area contributed by atoms with Crippen molar-refractivity contribution in [3.05, 3.63) is 101 Å². The second-order valence-electron chi connectivity index (χ2n) is 5.27. The Morgan fingerprint density at radius 2 is 1.05 bits per heavy atom. The summed E-state index contributed by atoms with van der Waals surface area (Å²) in [7, 11) is 0. The van der Waals surface area contributed by atoms with Crippen molar-refractivity contribution in [1.29, 1.82) is 0 Å². The van der Waals surface area contributed by atoms with Gasteiger partial charge in [0.15, 0.2) is 0 Å². The third-order valence-corrected chi connectivity index (χ3v) is 4.26. The predicted molar refractivity (Wildman–Crippen MR) is 93.6 cm³/mol. The topological polar surface area (TPSA) is 0 Å². The highest BCUT2D eigenvalue weighted by Crippen LogP contribution is 2.43. The fourth-order valence-corrected chi connectivity index (χ4v) is 3.14. The van der Waals surface area contributed by atoms with Gasteiger partial charge in [-0.15, -0.1) is 0 Å². The molecule has 3 aromatic rings. The molecule has 4 rings (SSSR count). The monoisotopic (exact) mass is 300 g/mol. The Labute approximate surface area is 135 Å². The molecule has 1 aliphatic carbocycles. The minimum Gasteiger partial charge on any atom is -0.0907 e. The molecule has 0 saturated carbocycles. The van der Waals surface area contributed by atoms with Crippen LogP contribution in [0.25, 0.3) is 21.7 Å². The summed E-state index contributed by atoms with van der Waals surface area (Å²) in [4.78, 5) is 0. The minimum absolute atomic E-state index is 0.641. The highest BCUT2D eigenvalue weighted by atomic mass is 35.5. The van der Waals surface area contributed by atoms with Gasteiger partial charge in [0.1, 0.15) is 0 Å². The Hall–Kier alpha value is -2.53. The summed E-state index contributed by atoms with van der Waals surface area (Å²) < 4.78 is 0. The first-order chi connectivity index (χ1) is 10.8. The van der Waals surface area contributed by atoms with Gasteiger partial charge in [-0.25, -0.2) is 0 Å². The summed E-state index contributed by atoms with van der Waals surface area (Å²) in [6.07, 6.45) is 0. The molecule has 0 radical (unpaired) electrons. The number of halogens is 1. The van der Waals surface area contributed by atoms with E-state index in [4.69, 9.17) is 11.6 Å². The van der Waals surface area contributed by atoms with Crippen molar-refractivity contribution in [1.82, 2.24) is 0 Å². The minimum atomic E-state index is 0.641. The molecule has 0 nitrogen and oxygen atoms in total. The van der Waals surface area contributed by atoms with E-state index in [-0.39, 0.29) is 0 Å². The summed E-state index contributed by atoms with van der Waals surface area (Å²) in [5.41, 5.74) is 10.3. The Balaban J connectivity index is 2.01. The molecule has 0 atom stereocenters. The average Bonchev–Trinajstić information content (AvgIpc) is 2.90. The van der Waals surface area contributed by atoms with Crippen LogP contribution in [0.3, 0.4) is 0 Å². The molecule has 0 aromatic heterocycles. The molecule has 104 valence electrons. The van der Waals surface area contributed by atoms with E-state index in [1.807, 2.05) is 30.3 Å². The van der Waals surface area contributed by atoms with Gasteiger partial charge in [0.2, 0.25) is 0 Å². The fourth-order valence-electron chi connectivity index (χ4n) is 2.92. The molecule has 0 N–H and O–H groups in total. The average molecular weight is 301 g/mol. The lowest BCUT2D eigenvalue weighted by Gasteiger charge is -2.00. The van der Waals surface area contributed by atoms with Gasteiger partial charge in [-0.2, -0.15) is 0 Å². The summed E-state index contributed by atoms with van der Waals surface area (Å²) in [5, 5.41) is 0.641. The molecule has 0 unspecified atom stereocenters. The van der Waals surface area contributed by atoms with Crippen molar-refractivity contribution < 1.29 is 0 Å². The third-order valence-electron chi connectivity index (χ3n) is 3.94. The van der Waals surface area contributed by atoms with Crippen LogP contribution in [-0.4, -0.2) is 0 Å². The molecule has 0 saturated heterocycles. The zero-order chi connectivity index (χ0) is 14.9. The first-order valence-electron chi connectivity index (χ1n) is 7.25. The van der Waals surface area contributed by atoms with Crippen molar-refractivity contribution in [2.75, 3.05) is 0 Å². The van der Waals surface area contributed by atoms with Gasteiger partial charge < -0.3 is 0 Å². The van der Waals surface area contributed by atoms with Gasteiger partial charge in [0.05, 0.1) is 5.03 Å².